The van der Waals surface area contributed by atoms with Gasteiger partial charge in [0, 0.05) is 35.8 Å². The first-order chi connectivity index (χ1) is 15.5. The van der Waals surface area contributed by atoms with E-state index in [2.05, 4.69) is 10.3 Å². The van der Waals surface area contributed by atoms with E-state index in [1.165, 1.54) is 26.8 Å². The van der Waals surface area contributed by atoms with Crippen LogP contribution in [0.1, 0.15) is 60.8 Å². The largest absolute Gasteiger partial charge is 0.507 e. The molecule has 1 aromatic heterocycles. The molecular formula is C25H24N2O6. The van der Waals surface area contributed by atoms with Gasteiger partial charge in [0.2, 0.25) is 0 Å². The Bertz CT molecular complexity index is 1290. The monoisotopic (exact) mass is 448 g/mol. The maximum atomic E-state index is 13.8. The van der Waals surface area contributed by atoms with E-state index in [1.54, 1.807) is 25.4 Å². The highest BCUT2D eigenvalue weighted by Crippen LogP contribution is 2.57. The number of fused-ring (bicyclic) bond motifs is 3. The summed E-state index contributed by atoms with van der Waals surface area (Å²) in [4.78, 5) is 43.1. The van der Waals surface area contributed by atoms with Crippen LogP contribution in [0.5, 0.6) is 17.2 Å². The second-order valence-electron chi connectivity index (χ2n) is 8.54. The second kappa shape index (κ2) is 7.58. The molecular weight excluding hydrogens is 424 g/mol. The topological polar surface area (TPSA) is 126 Å². The van der Waals surface area contributed by atoms with Gasteiger partial charge in [-0.1, -0.05) is 6.07 Å². The number of Topliss-reactive ketones (excluding diaryl/α,β-unsaturated/α-hetero) is 2. The molecule has 170 valence electrons. The van der Waals surface area contributed by atoms with Gasteiger partial charge in [0.25, 0.3) is 0 Å². The number of aromatic hydroxyl groups is 2. The van der Waals surface area contributed by atoms with E-state index < -0.39 is 28.5 Å². The first kappa shape index (κ1) is 22.3. The van der Waals surface area contributed by atoms with Gasteiger partial charge in [0.1, 0.15) is 34.0 Å². The summed E-state index contributed by atoms with van der Waals surface area (Å²) in [5.41, 5.74) is -0.373. The number of hydrogen-bond acceptors (Lipinski definition) is 8. The standard InChI is InChI=1S/C25H24N2O6/c1-11-21(30)19(14(4)28)23-20(22(11)31)25(5)17(33-23)9-16(29)18(24(25)32)13(3)27-12(2)15-7-6-8-26-10-15/h6-10,12,27,30-31H,1-5H3. The van der Waals surface area contributed by atoms with Crippen molar-refractivity contribution >= 4 is 17.3 Å². The van der Waals surface area contributed by atoms with Crippen molar-refractivity contribution in [2.45, 2.75) is 46.1 Å². The Balaban J connectivity index is 1.87. The number of carbonyl (C=O) groups excluding carboxylic acids is 3. The number of aromatic nitrogens is 1. The van der Waals surface area contributed by atoms with E-state index in [-0.39, 0.29) is 45.6 Å². The van der Waals surface area contributed by atoms with E-state index in [0.717, 1.165) is 5.56 Å². The molecule has 2 unspecified atom stereocenters. The van der Waals surface area contributed by atoms with Crippen LogP contribution in [0.4, 0.5) is 0 Å². The normalized spacial score (nSPS) is 21.5. The van der Waals surface area contributed by atoms with E-state index >= 15 is 0 Å². The Hall–Kier alpha value is -3.94. The van der Waals surface area contributed by atoms with Gasteiger partial charge < -0.3 is 20.3 Å². The number of carbonyl (C=O) groups is 3. The summed E-state index contributed by atoms with van der Waals surface area (Å²) in [5, 5.41) is 24.5. The molecule has 1 aromatic carbocycles. The minimum absolute atomic E-state index is 0.00663. The third kappa shape index (κ3) is 3.13. The quantitative estimate of drug-likeness (QED) is 0.370. The van der Waals surface area contributed by atoms with Crippen LogP contribution < -0.4 is 10.1 Å². The Kier molecular flexibility index (Phi) is 5.11. The number of hydrogen-bond donors (Lipinski definition) is 3. The van der Waals surface area contributed by atoms with Crippen molar-refractivity contribution in [3.63, 3.8) is 0 Å². The van der Waals surface area contributed by atoms with Gasteiger partial charge in [-0.25, -0.2) is 0 Å². The Labute approximate surface area is 190 Å². The third-order valence-corrected chi connectivity index (χ3v) is 6.38. The number of nitrogens with one attached hydrogen (secondary N) is 1. The molecule has 8 nitrogen and oxygen atoms in total. The van der Waals surface area contributed by atoms with Crippen molar-refractivity contribution in [1.82, 2.24) is 10.3 Å². The van der Waals surface area contributed by atoms with Crippen LogP contribution in [0.25, 0.3) is 0 Å². The second-order valence-corrected chi connectivity index (χ2v) is 8.54. The molecule has 2 atom stereocenters. The molecule has 1 aliphatic carbocycles. The van der Waals surface area contributed by atoms with E-state index in [0.29, 0.717) is 5.70 Å². The van der Waals surface area contributed by atoms with Gasteiger partial charge in [0.15, 0.2) is 17.3 Å². The zero-order valence-corrected chi connectivity index (χ0v) is 18.9. The number of pyridine rings is 1. The lowest BCUT2D eigenvalue weighted by molar-refractivity contribution is -0.123. The smallest absolute Gasteiger partial charge is 0.194 e. The molecule has 33 heavy (non-hydrogen) atoms. The van der Waals surface area contributed by atoms with Crippen molar-refractivity contribution < 1.29 is 29.3 Å². The minimum atomic E-state index is -1.54. The fourth-order valence-corrected chi connectivity index (χ4v) is 4.47. The molecule has 2 aliphatic rings. The van der Waals surface area contributed by atoms with Gasteiger partial charge in [-0.3, -0.25) is 19.4 Å². The first-order valence-corrected chi connectivity index (χ1v) is 10.5. The Morgan fingerprint density at radius 3 is 2.52 bits per heavy atom. The lowest BCUT2D eigenvalue weighted by atomic mass is 9.70. The number of phenolic OH excluding ortho intramolecular Hbond substituents is 2. The number of ketones is 3. The van der Waals surface area contributed by atoms with E-state index in [9.17, 15) is 24.6 Å². The summed E-state index contributed by atoms with van der Waals surface area (Å²) in [6.07, 6.45) is 4.55. The summed E-state index contributed by atoms with van der Waals surface area (Å²) in [6, 6.07) is 3.45. The van der Waals surface area contributed by atoms with Gasteiger partial charge in [-0.05, 0) is 46.2 Å². The van der Waals surface area contributed by atoms with Crippen LogP contribution >= 0.6 is 0 Å². The molecule has 1 aliphatic heterocycles. The molecule has 0 saturated carbocycles. The highest BCUT2D eigenvalue weighted by atomic mass is 16.5. The van der Waals surface area contributed by atoms with Crippen molar-refractivity contribution in [2.24, 2.45) is 0 Å². The van der Waals surface area contributed by atoms with Gasteiger partial charge >= 0.3 is 0 Å². The van der Waals surface area contributed by atoms with Crippen LogP contribution in [0.2, 0.25) is 0 Å². The number of ether oxygens (including phenoxy) is 1. The predicted octanol–water partition coefficient (Wildman–Crippen LogP) is 3.31. The number of allylic oxidation sites excluding steroid dienone is 4. The molecule has 0 fully saturated rings. The van der Waals surface area contributed by atoms with Gasteiger partial charge in [-0.15, -0.1) is 0 Å². The maximum absolute atomic E-state index is 13.8. The summed E-state index contributed by atoms with van der Waals surface area (Å²) < 4.78 is 5.77. The zero-order valence-electron chi connectivity index (χ0n) is 18.9. The summed E-state index contributed by atoms with van der Waals surface area (Å²) >= 11 is 0. The highest BCUT2D eigenvalue weighted by molar-refractivity contribution is 6.31. The van der Waals surface area contributed by atoms with Crippen molar-refractivity contribution in [2.75, 3.05) is 0 Å². The molecule has 4 rings (SSSR count). The molecule has 8 heteroatoms. The highest BCUT2D eigenvalue weighted by Gasteiger charge is 2.56. The minimum Gasteiger partial charge on any atom is -0.507 e. The number of rotatable bonds is 4. The fraction of sp³-hybridized carbons (Fsp3) is 0.280. The lowest BCUT2D eigenvalue weighted by Gasteiger charge is -2.29. The van der Waals surface area contributed by atoms with Crippen LogP contribution in [0.15, 0.2) is 47.6 Å². The number of nitrogens with zero attached hydrogens (tertiary/aromatic N) is 1. The first-order valence-electron chi connectivity index (χ1n) is 10.5. The zero-order chi connectivity index (χ0) is 24.2. The molecule has 0 bridgehead atoms. The molecule has 0 radical (unpaired) electrons. The van der Waals surface area contributed by atoms with E-state index in [4.69, 9.17) is 4.74 Å². The van der Waals surface area contributed by atoms with Gasteiger partial charge in [-0.2, -0.15) is 0 Å². The Morgan fingerprint density at radius 1 is 1.21 bits per heavy atom. The van der Waals surface area contributed by atoms with Crippen molar-refractivity contribution in [1.29, 1.82) is 0 Å². The van der Waals surface area contributed by atoms with Gasteiger partial charge in [0.05, 0.1) is 11.1 Å². The SMILES string of the molecule is CC(=O)c1c(O)c(C)c(O)c2c1OC1=CC(=O)C(=C(C)NC(C)c3cccnc3)C(=O)C12C. The molecule has 0 amide bonds. The van der Waals surface area contributed by atoms with Crippen molar-refractivity contribution in [3.8, 4) is 17.2 Å². The summed E-state index contributed by atoms with van der Waals surface area (Å²) in [6.45, 7) is 7.75. The number of phenols is 2. The Morgan fingerprint density at radius 2 is 1.91 bits per heavy atom. The molecule has 0 saturated heterocycles. The van der Waals surface area contributed by atoms with Crippen LogP contribution in [0, 0.1) is 6.92 Å². The van der Waals surface area contributed by atoms with Crippen LogP contribution in [-0.2, 0) is 15.0 Å². The van der Waals surface area contributed by atoms with Crippen LogP contribution in [-0.4, -0.2) is 32.5 Å². The average molecular weight is 448 g/mol. The number of benzene rings is 1. The van der Waals surface area contributed by atoms with E-state index in [1.807, 2.05) is 13.0 Å². The molecule has 0 spiro atoms. The van der Waals surface area contributed by atoms with Crippen LogP contribution in [0.3, 0.4) is 0 Å². The lowest BCUT2D eigenvalue weighted by Crippen LogP contribution is -2.41. The summed E-state index contributed by atoms with van der Waals surface area (Å²) in [7, 11) is 0. The van der Waals surface area contributed by atoms with Crippen molar-refractivity contribution in [3.05, 3.63) is 69.9 Å². The maximum Gasteiger partial charge on any atom is 0.194 e. The average Bonchev–Trinajstić information content (AvgIpc) is 3.05. The summed E-state index contributed by atoms with van der Waals surface area (Å²) in [5.74, 6) is -2.47. The fourth-order valence-electron chi connectivity index (χ4n) is 4.47. The molecule has 2 heterocycles. The molecule has 2 aromatic rings. The molecule has 3 N–H and O–H groups in total. The predicted molar refractivity (Wildman–Crippen MR) is 119 cm³/mol. The third-order valence-electron chi connectivity index (χ3n) is 6.38.